The maximum atomic E-state index is 10.1. The lowest BCUT2D eigenvalue weighted by Gasteiger charge is -1.73. The van der Waals surface area contributed by atoms with E-state index in [0.717, 1.165) is 0 Å². The van der Waals surface area contributed by atoms with Crippen molar-refractivity contribution in [3.63, 3.8) is 0 Å². The normalized spacial score (nSPS) is 10.0. The summed E-state index contributed by atoms with van der Waals surface area (Å²) in [6.45, 7) is 1.51. The average Bonchev–Trinajstić information content (AvgIpc) is 1.61. The number of hydrogen-bond donors (Lipinski definition) is 1. The smallest absolute Gasteiger partial charge is 0.152 e. The summed E-state index contributed by atoms with van der Waals surface area (Å²) in [5.74, 6) is 0.716. The van der Waals surface area contributed by atoms with Gasteiger partial charge in [-0.2, -0.15) is 12.6 Å². The molecule has 7 heavy (non-hydrogen) atoms. The molecule has 0 unspecified atom stereocenters. The van der Waals surface area contributed by atoms with E-state index in [2.05, 4.69) is 12.6 Å². The van der Waals surface area contributed by atoms with Crippen LogP contribution in [0.25, 0.3) is 0 Å². The number of rotatable bonds is 2. The monoisotopic (exact) mass is 116 g/mol. The van der Waals surface area contributed by atoms with E-state index >= 15 is 0 Å². The van der Waals surface area contributed by atoms with Gasteiger partial charge in [0.15, 0.2) is 5.78 Å². The van der Waals surface area contributed by atoms with Crippen molar-refractivity contribution in [2.24, 2.45) is 0 Å². The first kappa shape index (κ1) is 6.76. The van der Waals surface area contributed by atoms with Crippen molar-refractivity contribution < 1.29 is 4.79 Å². The minimum Gasteiger partial charge on any atom is -0.295 e. The number of hydrogen-bond acceptors (Lipinski definition) is 2. The van der Waals surface area contributed by atoms with Gasteiger partial charge in [-0.15, -0.1) is 0 Å². The van der Waals surface area contributed by atoms with E-state index in [4.69, 9.17) is 0 Å². The van der Waals surface area contributed by atoms with Crippen LogP contribution < -0.4 is 0 Å². The van der Waals surface area contributed by atoms with Gasteiger partial charge in [0.2, 0.25) is 0 Å². The second kappa shape index (κ2) is 3.93. The lowest BCUT2D eigenvalue weighted by atomic mass is 10.4. The Morgan fingerprint density at radius 3 is 2.57 bits per heavy atom. The Morgan fingerprint density at radius 1 is 1.86 bits per heavy atom. The molecule has 0 heterocycles. The van der Waals surface area contributed by atoms with E-state index in [-0.39, 0.29) is 5.78 Å². The molecule has 0 aromatic rings. The Morgan fingerprint density at radius 2 is 2.43 bits per heavy atom. The second-order valence-corrected chi connectivity index (χ2v) is 1.56. The molecule has 0 N–H and O–H groups in total. The lowest BCUT2D eigenvalue weighted by molar-refractivity contribution is -0.112. The Hall–Kier alpha value is -0.240. The molecular formula is C5H8OS. The zero-order valence-corrected chi connectivity index (χ0v) is 5.11. The Bertz CT molecular complexity index is 86.1. The zero-order valence-electron chi connectivity index (χ0n) is 4.22. The Balaban J connectivity index is 3.26. The van der Waals surface area contributed by atoms with Gasteiger partial charge in [0.1, 0.15) is 0 Å². The first-order valence-corrected chi connectivity index (χ1v) is 2.68. The predicted molar refractivity (Wildman–Crippen MR) is 33.7 cm³/mol. The molecule has 0 aromatic heterocycles. The van der Waals surface area contributed by atoms with Gasteiger partial charge < -0.3 is 0 Å². The van der Waals surface area contributed by atoms with E-state index in [1.54, 1.807) is 6.08 Å². The van der Waals surface area contributed by atoms with E-state index in [1.165, 1.54) is 13.0 Å². The predicted octanol–water partition coefficient (Wildman–Crippen LogP) is 1.06. The summed E-state index contributed by atoms with van der Waals surface area (Å²) in [7, 11) is 0. The standard InChI is InChI=1S/C5H8OS/c1-5(6)3-2-4-7/h2-3,7H,4H2,1H3/b3-2+. The maximum absolute atomic E-state index is 10.1. The molecule has 0 atom stereocenters. The van der Waals surface area contributed by atoms with E-state index in [9.17, 15) is 4.79 Å². The van der Waals surface area contributed by atoms with Crippen molar-refractivity contribution in [3.8, 4) is 0 Å². The fraction of sp³-hybridized carbons (Fsp3) is 0.400. The van der Waals surface area contributed by atoms with Crippen LogP contribution >= 0.6 is 12.6 Å². The quantitative estimate of drug-likeness (QED) is 0.421. The highest BCUT2D eigenvalue weighted by molar-refractivity contribution is 7.80. The van der Waals surface area contributed by atoms with Crippen LogP contribution in [0.1, 0.15) is 6.92 Å². The van der Waals surface area contributed by atoms with Crippen LogP contribution in [0, 0.1) is 0 Å². The number of carbonyl (C=O) groups excluding carboxylic acids is 1. The van der Waals surface area contributed by atoms with Crippen molar-refractivity contribution >= 4 is 18.4 Å². The molecule has 0 fully saturated rings. The Kier molecular flexibility index (Phi) is 3.80. The molecule has 0 saturated carbocycles. The number of ketones is 1. The summed E-state index contributed by atoms with van der Waals surface area (Å²) in [5.41, 5.74) is 0. The summed E-state index contributed by atoms with van der Waals surface area (Å²) in [5, 5.41) is 0. The average molecular weight is 116 g/mol. The molecule has 0 rings (SSSR count). The van der Waals surface area contributed by atoms with Gasteiger partial charge in [-0.25, -0.2) is 0 Å². The van der Waals surface area contributed by atoms with Crippen LogP contribution in [0.2, 0.25) is 0 Å². The molecule has 1 nitrogen and oxygen atoms in total. The summed E-state index contributed by atoms with van der Waals surface area (Å²) >= 11 is 3.86. The van der Waals surface area contributed by atoms with Gasteiger partial charge in [-0.1, -0.05) is 6.08 Å². The molecule has 0 aliphatic rings. The molecule has 0 bridgehead atoms. The van der Waals surface area contributed by atoms with Crippen LogP contribution in [0.3, 0.4) is 0 Å². The highest BCUT2D eigenvalue weighted by Crippen LogP contribution is 1.77. The van der Waals surface area contributed by atoms with Gasteiger partial charge in [0, 0.05) is 5.75 Å². The maximum Gasteiger partial charge on any atom is 0.152 e. The third-order valence-corrected chi connectivity index (χ3v) is 0.669. The van der Waals surface area contributed by atoms with Gasteiger partial charge in [-0.05, 0) is 13.0 Å². The van der Waals surface area contributed by atoms with Crippen LogP contribution in [-0.2, 0) is 4.79 Å². The number of thiol groups is 1. The summed E-state index contributed by atoms with van der Waals surface area (Å²) < 4.78 is 0. The topological polar surface area (TPSA) is 17.1 Å². The molecule has 0 spiro atoms. The van der Waals surface area contributed by atoms with Crippen molar-refractivity contribution in [2.45, 2.75) is 6.92 Å². The van der Waals surface area contributed by atoms with Crippen LogP contribution in [0.5, 0.6) is 0 Å². The van der Waals surface area contributed by atoms with Crippen molar-refractivity contribution in [1.29, 1.82) is 0 Å². The molecule has 40 valence electrons. The summed E-state index contributed by atoms with van der Waals surface area (Å²) in [6.07, 6.45) is 3.22. The molecule has 0 saturated heterocycles. The van der Waals surface area contributed by atoms with E-state index < -0.39 is 0 Å². The van der Waals surface area contributed by atoms with Gasteiger partial charge in [0.05, 0.1) is 0 Å². The fourth-order valence-corrected chi connectivity index (χ4v) is 0.324. The molecule has 0 aromatic carbocycles. The largest absolute Gasteiger partial charge is 0.295 e. The molecule has 0 aliphatic carbocycles. The summed E-state index contributed by atoms with van der Waals surface area (Å²) in [4.78, 5) is 10.1. The SMILES string of the molecule is CC(=O)/C=C/CS. The van der Waals surface area contributed by atoms with E-state index in [1.807, 2.05) is 0 Å². The molecule has 0 amide bonds. The van der Waals surface area contributed by atoms with Crippen molar-refractivity contribution in [3.05, 3.63) is 12.2 Å². The number of carbonyl (C=O) groups is 1. The lowest BCUT2D eigenvalue weighted by Crippen LogP contribution is -1.78. The van der Waals surface area contributed by atoms with Crippen LogP contribution in [0.15, 0.2) is 12.2 Å². The van der Waals surface area contributed by atoms with Crippen molar-refractivity contribution in [2.75, 3.05) is 5.75 Å². The highest BCUT2D eigenvalue weighted by atomic mass is 32.1. The van der Waals surface area contributed by atoms with Gasteiger partial charge in [0.25, 0.3) is 0 Å². The molecule has 0 aliphatic heterocycles. The van der Waals surface area contributed by atoms with Crippen LogP contribution in [-0.4, -0.2) is 11.5 Å². The minimum absolute atomic E-state index is 0.0778. The third-order valence-electron chi connectivity index (χ3n) is 0.458. The van der Waals surface area contributed by atoms with Gasteiger partial charge in [-0.3, -0.25) is 4.79 Å². The van der Waals surface area contributed by atoms with E-state index in [0.29, 0.717) is 5.75 Å². The second-order valence-electron chi connectivity index (χ2n) is 1.20. The number of allylic oxidation sites excluding steroid dienone is 1. The van der Waals surface area contributed by atoms with Crippen LogP contribution in [0.4, 0.5) is 0 Å². The molecular weight excluding hydrogens is 108 g/mol. The third kappa shape index (κ3) is 5.76. The first-order valence-electron chi connectivity index (χ1n) is 2.05. The molecule has 2 heteroatoms. The van der Waals surface area contributed by atoms with Crippen molar-refractivity contribution in [1.82, 2.24) is 0 Å². The van der Waals surface area contributed by atoms with Gasteiger partial charge >= 0.3 is 0 Å². The molecule has 0 radical (unpaired) electrons. The Labute approximate surface area is 48.8 Å². The minimum atomic E-state index is 0.0778. The first-order chi connectivity index (χ1) is 3.27. The summed E-state index contributed by atoms with van der Waals surface area (Å²) in [6, 6.07) is 0. The fourth-order valence-electron chi connectivity index (χ4n) is 0.219. The zero-order chi connectivity index (χ0) is 5.70. The highest BCUT2D eigenvalue weighted by Gasteiger charge is 1.75.